The highest BCUT2D eigenvalue weighted by atomic mass is 16.3. The summed E-state index contributed by atoms with van der Waals surface area (Å²) in [6, 6.07) is 89.4. The van der Waals surface area contributed by atoms with Crippen LogP contribution in [0.25, 0.3) is 87.7 Å². The molecule has 75 heavy (non-hydrogen) atoms. The number of hydrogen-bond acceptors (Lipinski definition) is 4. The van der Waals surface area contributed by atoms with E-state index in [9.17, 15) is 0 Å². The third-order valence-electron chi connectivity index (χ3n) is 16.4. The van der Waals surface area contributed by atoms with Crippen LogP contribution in [0, 0.1) is 13.8 Å². The average molecular weight is 959 g/mol. The molecule has 0 unspecified atom stereocenters. The summed E-state index contributed by atoms with van der Waals surface area (Å²) in [4.78, 5) is 4.90. The molecular formula is C71H46N2O2. The van der Waals surface area contributed by atoms with E-state index in [4.69, 9.17) is 8.83 Å². The number of benzene rings is 12. The molecule has 2 aliphatic rings. The molecule has 0 amide bonds. The molecule has 2 heterocycles. The molecule has 0 fully saturated rings. The fourth-order valence-corrected chi connectivity index (χ4v) is 13.2. The summed E-state index contributed by atoms with van der Waals surface area (Å²) in [5.41, 5.74) is 21.4. The Bertz CT molecular complexity index is 4390. The number of furan rings is 2. The maximum atomic E-state index is 6.93. The van der Waals surface area contributed by atoms with Gasteiger partial charge in [-0.15, -0.1) is 0 Å². The minimum atomic E-state index is -0.732. The standard InChI is InChI=1S/C71H46N2O2/c1-43-33-37-45(38-34-43)72(61-29-15-25-55-51-21-9-13-31-65(51)74-69(55)61)63-41-59-67(53-23-5-3-19-49(53)63)68-54-24-6-4-20-50(54)64(42-60(68)71(59)57-27-11-7-17-47(57)48-18-8-12-28-58(48)71)73(46-39-35-44(2)36-40-46)62-30-16-26-56-52-22-10-14-32-66(52)75-70(56)62/h3-42H,1-2H3. The van der Waals surface area contributed by atoms with E-state index in [1.807, 2.05) is 0 Å². The number of hydrogen-bond donors (Lipinski definition) is 0. The fraction of sp³-hybridized carbons (Fsp3) is 0.0423. The van der Waals surface area contributed by atoms with Crippen LogP contribution >= 0.6 is 0 Å². The van der Waals surface area contributed by atoms with Crippen molar-refractivity contribution in [3.05, 3.63) is 276 Å². The molecule has 16 rings (SSSR count). The van der Waals surface area contributed by atoms with Crippen LogP contribution in [-0.4, -0.2) is 0 Å². The van der Waals surface area contributed by atoms with Gasteiger partial charge in [0.25, 0.3) is 0 Å². The monoisotopic (exact) mass is 958 g/mol. The van der Waals surface area contributed by atoms with E-state index in [2.05, 4.69) is 266 Å². The Hall–Kier alpha value is -9.64. The SMILES string of the molecule is Cc1ccc(N(c2cc3c(c4ccccc24)-c2c(cc(N(c4ccc(C)cc4)c4cccc5c4oc4ccccc45)c4ccccc24)C32c3ccccc3-c3ccccc32)c2cccc3c2oc2ccccc23)cc1. The molecule has 2 aliphatic carbocycles. The largest absolute Gasteiger partial charge is 0.454 e. The molecule has 0 saturated carbocycles. The van der Waals surface area contributed by atoms with Crippen molar-refractivity contribution < 1.29 is 8.83 Å². The number of aryl methyl sites for hydroxylation is 2. The first-order valence-electron chi connectivity index (χ1n) is 25.9. The summed E-state index contributed by atoms with van der Waals surface area (Å²) in [5, 5.41) is 9.07. The highest BCUT2D eigenvalue weighted by molar-refractivity contribution is 6.21. The molecule has 352 valence electrons. The number of fused-ring (bicyclic) bond motifs is 20. The van der Waals surface area contributed by atoms with Crippen LogP contribution in [0.15, 0.2) is 251 Å². The Morgan fingerprint density at radius 2 is 0.653 bits per heavy atom. The molecule has 4 heteroatoms. The van der Waals surface area contributed by atoms with E-state index < -0.39 is 5.41 Å². The molecule has 0 atom stereocenters. The topological polar surface area (TPSA) is 32.8 Å². The quantitative estimate of drug-likeness (QED) is 0.166. The first-order valence-corrected chi connectivity index (χ1v) is 25.9. The van der Waals surface area contributed by atoms with E-state index in [0.29, 0.717) is 0 Å². The molecular weight excluding hydrogens is 913 g/mol. The zero-order valence-corrected chi connectivity index (χ0v) is 41.3. The normalized spacial score (nSPS) is 13.0. The van der Waals surface area contributed by atoms with Crippen molar-refractivity contribution in [1.82, 2.24) is 0 Å². The lowest BCUT2D eigenvalue weighted by Crippen LogP contribution is -2.26. The Labute approximate surface area is 433 Å². The third kappa shape index (κ3) is 5.77. The minimum Gasteiger partial charge on any atom is -0.454 e. The van der Waals surface area contributed by atoms with Gasteiger partial charge in [-0.2, -0.15) is 0 Å². The van der Waals surface area contributed by atoms with Crippen LogP contribution in [-0.2, 0) is 5.41 Å². The van der Waals surface area contributed by atoms with Gasteiger partial charge < -0.3 is 18.6 Å². The molecule has 4 nitrogen and oxygen atoms in total. The second-order valence-corrected chi connectivity index (χ2v) is 20.4. The van der Waals surface area contributed by atoms with Gasteiger partial charge in [0.15, 0.2) is 11.2 Å². The first-order chi connectivity index (χ1) is 37.0. The summed E-state index contributed by atoms with van der Waals surface area (Å²) in [6.07, 6.45) is 0. The van der Waals surface area contributed by atoms with E-state index in [1.54, 1.807) is 0 Å². The van der Waals surface area contributed by atoms with Gasteiger partial charge in [0, 0.05) is 43.7 Å². The van der Waals surface area contributed by atoms with Crippen LogP contribution in [0.3, 0.4) is 0 Å². The van der Waals surface area contributed by atoms with Gasteiger partial charge in [-0.1, -0.05) is 193 Å². The molecule has 0 radical (unpaired) electrons. The summed E-state index contributed by atoms with van der Waals surface area (Å²) in [5.74, 6) is 0. The summed E-state index contributed by atoms with van der Waals surface area (Å²) in [7, 11) is 0. The Balaban J connectivity index is 1.06. The third-order valence-corrected chi connectivity index (χ3v) is 16.4. The summed E-state index contributed by atoms with van der Waals surface area (Å²) < 4.78 is 13.9. The molecule has 0 N–H and O–H groups in total. The van der Waals surface area contributed by atoms with E-state index in [0.717, 1.165) is 88.8 Å². The summed E-state index contributed by atoms with van der Waals surface area (Å²) in [6.45, 7) is 4.31. The van der Waals surface area contributed by atoms with E-state index in [1.165, 1.54) is 66.4 Å². The Morgan fingerprint density at radius 3 is 1.09 bits per heavy atom. The van der Waals surface area contributed by atoms with Crippen molar-refractivity contribution in [2.45, 2.75) is 19.3 Å². The predicted molar refractivity (Wildman–Crippen MR) is 311 cm³/mol. The zero-order chi connectivity index (χ0) is 49.5. The van der Waals surface area contributed by atoms with Gasteiger partial charge in [-0.05, 0) is 130 Å². The lowest BCUT2D eigenvalue weighted by molar-refractivity contribution is 0.669. The highest BCUT2D eigenvalue weighted by Crippen LogP contribution is 2.67. The molecule has 1 spiro atoms. The van der Waals surface area contributed by atoms with Crippen molar-refractivity contribution in [2.75, 3.05) is 9.80 Å². The van der Waals surface area contributed by atoms with Crippen LogP contribution in [0.5, 0.6) is 0 Å². The molecule has 14 aromatic rings. The van der Waals surface area contributed by atoms with Gasteiger partial charge in [0.2, 0.25) is 0 Å². The number of rotatable bonds is 6. The second-order valence-electron chi connectivity index (χ2n) is 20.4. The van der Waals surface area contributed by atoms with Crippen molar-refractivity contribution >= 4 is 99.5 Å². The van der Waals surface area contributed by atoms with E-state index >= 15 is 0 Å². The maximum Gasteiger partial charge on any atom is 0.159 e. The van der Waals surface area contributed by atoms with Gasteiger partial charge in [0.05, 0.1) is 28.2 Å². The highest BCUT2D eigenvalue weighted by Gasteiger charge is 2.53. The molecule has 2 aromatic heterocycles. The smallest absolute Gasteiger partial charge is 0.159 e. The second kappa shape index (κ2) is 15.7. The van der Waals surface area contributed by atoms with Crippen LogP contribution in [0.1, 0.15) is 33.4 Å². The van der Waals surface area contributed by atoms with Crippen molar-refractivity contribution in [2.24, 2.45) is 0 Å². The number of anilines is 6. The van der Waals surface area contributed by atoms with Gasteiger partial charge in [-0.3, -0.25) is 0 Å². The van der Waals surface area contributed by atoms with E-state index in [-0.39, 0.29) is 0 Å². The predicted octanol–water partition coefficient (Wildman–Crippen LogP) is 19.7. The maximum absolute atomic E-state index is 6.93. The lowest BCUT2D eigenvalue weighted by atomic mass is 9.70. The van der Waals surface area contributed by atoms with Gasteiger partial charge in [-0.25, -0.2) is 0 Å². The molecule has 0 bridgehead atoms. The van der Waals surface area contributed by atoms with Crippen molar-refractivity contribution in [1.29, 1.82) is 0 Å². The minimum absolute atomic E-state index is 0.732. The van der Waals surface area contributed by atoms with Gasteiger partial charge in [0.1, 0.15) is 11.2 Å². The molecule has 0 aliphatic heterocycles. The Kier molecular flexibility index (Phi) is 8.77. The van der Waals surface area contributed by atoms with Crippen LogP contribution in [0.4, 0.5) is 34.1 Å². The van der Waals surface area contributed by atoms with Gasteiger partial charge >= 0.3 is 0 Å². The van der Waals surface area contributed by atoms with Crippen molar-refractivity contribution in [3.8, 4) is 22.3 Å². The molecule has 12 aromatic carbocycles. The van der Waals surface area contributed by atoms with Crippen LogP contribution < -0.4 is 9.80 Å². The fourth-order valence-electron chi connectivity index (χ4n) is 13.2. The molecule has 0 saturated heterocycles. The number of para-hydroxylation sites is 4. The van der Waals surface area contributed by atoms with Crippen LogP contribution in [0.2, 0.25) is 0 Å². The van der Waals surface area contributed by atoms with Crippen molar-refractivity contribution in [3.63, 3.8) is 0 Å². The zero-order valence-electron chi connectivity index (χ0n) is 41.3. The Morgan fingerprint density at radius 1 is 0.293 bits per heavy atom. The summed E-state index contributed by atoms with van der Waals surface area (Å²) >= 11 is 0. The average Bonchev–Trinajstić information content (AvgIpc) is 4.41. The number of nitrogens with zero attached hydrogens (tertiary/aromatic N) is 2. The lowest BCUT2D eigenvalue weighted by Gasteiger charge is -2.34. The first kappa shape index (κ1) is 41.9.